The van der Waals surface area contributed by atoms with Crippen LogP contribution < -0.4 is 10.4 Å². The number of aliphatic hydroxyl groups is 2. The molecule has 264 valence electrons. The zero-order valence-electron chi connectivity index (χ0n) is 30.4. The average molecular weight is 679 g/mol. The van der Waals surface area contributed by atoms with Gasteiger partial charge in [0.1, 0.15) is 12.9 Å². The molecule has 0 aliphatic rings. The van der Waals surface area contributed by atoms with E-state index in [2.05, 4.69) is 88.1 Å². The number of methoxy groups -OCH3 is 2. The molecule has 48 heavy (non-hydrogen) atoms. The van der Waals surface area contributed by atoms with Gasteiger partial charge in [0, 0.05) is 31.6 Å². The van der Waals surface area contributed by atoms with Gasteiger partial charge in [0.2, 0.25) is 0 Å². The first-order valence-electron chi connectivity index (χ1n) is 17.0. The first-order valence-corrected chi connectivity index (χ1v) is 18.9. The summed E-state index contributed by atoms with van der Waals surface area (Å²) >= 11 is 0. The molecule has 0 amide bonds. The summed E-state index contributed by atoms with van der Waals surface area (Å²) in [5.41, 5.74) is 0. The minimum absolute atomic E-state index is 0.0437. The Morgan fingerprint density at radius 1 is 0.917 bits per heavy atom. The topological polar surface area (TPSA) is 94.5 Å². The molecule has 2 aromatic rings. The number of allylic oxidation sites excluding steroid dienone is 1. The van der Waals surface area contributed by atoms with Crippen LogP contribution in [0.4, 0.5) is 0 Å². The van der Waals surface area contributed by atoms with E-state index in [0.29, 0.717) is 19.4 Å². The Morgan fingerprint density at radius 2 is 1.50 bits per heavy atom. The molecule has 2 rings (SSSR count). The maximum atomic E-state index is 11.6. The van der Waals surface area contributed by atoms with E-state index in [1.165, 1.54) is 23.6 Å². The summed E-state index contributed by atoms with van der Waals surface area (Å²) in [4.78, 5) is 11.6. The lowest BCUT2D eigenvalue weighted by Crippen LogP contribution is -2.67. The van der Waals surface area contributed by atoms with E-state index in [-0.39, 0.29) is 41.6 Å². The van der Waals surface area contributed by atoms with Crippen LogP contribution in [0.15, 0.2) is 85.0 Å². The van der Waals surface area contributed by atoms with Crippen LogP contribution in [0, 0.1) is 35.5 Å². The molecular formula is C40H58O7Si. The number of rotatable bonds is 18. The van der Waals surface area contributed by atoms with Gasteiger partial charge in [0.05, 0.1) is 19.3 Å². The van der Waals surface area contributed by atoms with Crippen molar-refractivity contribution in [2.24, 2.45) is 23.7 Å². The summed E-state index contributed by atoms with van der Waals surface area (Å²) in [6, 6.07) is 20.9. The number of hydrogen-bond acceptors (Lipinski definition) is 7. The van der Waals surface area contributed by atoms with Gasteiger partial charge < -0.3 is 28.8 Å². The Balaban J connectivity index is 2.22. The van der Waals surface area contributed by atoms with Gasteiger partial charge in [-0.1, -0.05) is 133 Å². The Hall–Kier alpha value is -3.03. The van der Waals surface area contributed by atoms with Crippen molar-refractivity contribution in [3.8, 4) is 11.8 Å². The van der Waals surface area contributed by atoms with Gasteiger partial charge in [-0.3, -0.25) is 0 Å². The van der Waals surface area contributed by atoms with E-state index in [1.54, 1.807) is 19.3 Å². The van der Waals surface area contributed by atoms with Crippen LogP contribution in [0.5, 0.6) is 0 Å². The quantitative estimate of drug-likeness (QED) is 0.0668. The molecule has 7 atom stereocenters. The molecular weight excluding hydrogens is 621 g/mol. The van der Waals surface area contributed by atoms with Gasteiger partial charge in [-0.15, -0.1) is 0 Å². The fourth-order valence-corrected chi connectivity index (χ4v) is 10.9. The van der Waals surface area contributed by atoms with Crippen LogP contribution in [0.3, 0.4) is 0 Å². The Morgan fingerprint density at radius 3 is 2.00 bits per heavy atom. The van der Waals surface area contributed by atoms with Crippen molar-refractivity contribution in [2.45, 2.75) is 84.7 Å². The predicted molar refractivity (Wildman–Crippen MR) is 196 cm³/mol. The lowest BCUT2D eigenvalue weighted by Gasteiger charge is -2.43. The van der Waals surface area contributed by atoms with Crippen molar-refractivity contribution >= 4 is 24.7 Å². The molecule has 1 unspecified atom stereocenters. The highest BCUT2D eigenvalue weighted by Crippen LogP contribution is 2.37. The summed E-state index contributed by atoms with van der Waals surface area (Å²) in [7, 11) is 0.137. The number of carbonyl (C=O) groups excluding carboxylic acids is 1. The molecule has 0 saturated heterocycles. The molecule has 8 heteroatoms. The number of aliphatic hydroxyl groups excluding tert-OH is 2. The molecule has 0 aliphatic carbocycles. The summed E-state index contributed by atoms with van der Waals surface area (Å²) in [5, 5.41) is 24.2. The maximum Gasteiger partial charge on any atom is 0.330 e. The van der Waals surface area contributed by atoms with E-state index in [4.69, 9.17) is 18.6 Å². The number of carbonyl (C=O) groups is 1. The first-order chi connectivity index (χ1) is 22.8. The minimum Gasteiger partial charge on any atom is -0.466 e. The fourth-order valence-electron chi connectivity index (χ4n) is 6.27. The van der Waals surface area contributed by atoms with E-state index in [1.807, 2.05) is 39.0 Å². The Labute approximate surface area is 290 Å². The number of hydrogen-bond donors (Lipinski definition) is 2. The molecule has 2 N–H and O–H groups in total. The van der Waals surface area contributed by atoms with Gasteiger partial charge in [0.25, 0.3) is 8.32 Å². The molecule has 0 radical (unpaired) electrons. The highest BCUT2D eigenvalue weighted by Gasteiger charge is 2.50. The molecule has 0 aliphatic heterocycles. The summed E-state index contributed by atoms with van der Waals surface area (Å²) < 4.78 is 22.9. The maximum absolute atomic E-state index is 11.6. The summed E-state index contributed by atoms with van der Waals surface area (Å²) in [5.74, 6) is 5.11. The molecule has 0 spiro atoms. The van der Waals surface area contributed by atoms with Gasteiger partial charge in [-0.05, 0) is 46.2 Å². The standard InChI is InChI=1S/C40H58O7Si/c1-10-36(41)33(28-47-48(40(5,6)7,34-20-13-11-14-21-34)35-22-15-12-16-23-35)19-17-18-24-37(42)31(3)27-32(4)39(46-29-44-8)30(2)25-26-38(43)45-9/h11-17,19-23,25-26,30-33,36-37,39,41-42H,10,27-29H2,1-9H3/b19-17+,26-25+/t30-,31+,32-,33+,36+,37?,39+/m0/s1. The average Bonchev–Trinajstić information content (AvgIpc) is 3.08. The third-order valence-electron chi connectivity index (χ3n) is 8.96. The first kappa shape index (κ1) is 41.1. The van der Waals surface area contributed by atoms with Gasteiger partial charge in [0.15, 0.2) is 0 Å². The Kier molecular flexibility index (Phi) is 17.5. The van der Waals surface area contributed by atoms with Crippen LogP contribution >= 0.6 is 0 Å². The third-order valence-corrected chi connectivity index (χ3v) is 14.0. The normalized spacial score (nSPS) is 16.8. The Bertz CT molecular complexity index is 1290. The van der Waals surface area contributed by atoms with Crippen molar-refractivity contribution < 1.29 is 33.6 Å². The van der Waals surface area contributed by atoms with E-state index >= 15 is 0 Å². The van der Waals surface area contributed by atoms with Crippen LogP contribution in [0.1, 0.15) is 61.3 Å². The SMILES string of the molecule is CC[C@@H](O)[C@H](/C=C/C#CC(O)[C@H](C)C[C@H](C)[C@H](OCOC)[C@@H](C)/C=C/C(=O)OC)CO[Si](c1ccccc1)(c1ccccc1)C(C)(C)C. The van der Waals surface area contributed by atoms with Gasteiger partial charge in [-0.2, -0.15) is 0 Å². The number of ether oxygens (including phenoxy) is 3. The zero-order valence-corrected chi connectivity index (χ0v) is 31.4. The predicted octanol–water partition coefficient (Wildman–Crippen LogP) is 5.89. The van der Waals surface area contributed by atoms with E-state index < -0.39 is 26.5 Å². The molecule has 0 aromatic heterocycles. The second-order valence-electron chi connectivity index (χ2n) is 13.7. The monoisotopic (exact) mass is 678 g/mol. The number of benzene rings is 2. The van der Waals surface area contributed by atoms with Crippen molar-refractivity contribution in [1.82, 2.24) is 0 Å². The molecule has 0 heterocycles. The van der Waals surface area contributed by atoms with Crippen molar-refractivity contribution in [3.05, 3.63) is 85.0 Å². The van der Waals surface area contributed by atoms with Crippen LogP contribution in [0.25, 0.3) is 0 Å². The van der Waals surface area contributed by atoms with Gasteiger partial charge >= 0.3 is 5.97 Å². The highest BCUT2D eigenvalue weighted by atomic mass is 28.4. The number of esters is 1. The zero-order chi connectivity index (χ0) is 35.7. The van der Waals surface area contributed by atoms with Crippen LogP contribution in [-0.2, 0) is 23.4 Å². The van der Waals surface area contributed by atoms with Gasteiger partial charge in [-0.25, -0.2) is 4.79 Å². The molecule has 2 aromatic carbocycles. The van der Waals surface area contributed by atoms with Crippen molar-refractivity contribution in [1.29, 1.82) is 0 Å². The molecule has 0 fully saturated rings. The van der Waals surface area contributed by atoms with Crippen molar-refractivity contribution in [2.75, 3.05) is 27.6 Å². The molecule has 0 saturated carbocycles. The summed E-state index contributed by atoms with van der Waals surface area (Å²) in [6.45, 7) is 15.1. The lowest BCUT2D eigenvalue weighted by molar-refractivity contribution is -0.134. The second-order valence-corrected chi connectivity index (χ2v) is 18.0. The van der Waals surface area contributed by atoms with E-state index in [9.17, 15) is 15.0 Å². The lowest BCUT2D eigenvalue weighted by atomic mass is 9.84. The second kappa shape index (κ2) is 20.5. The fraction of sp³-hybridized carbons (Fsp3) is 0.525. The third kappa shape index (κ3) is 11.8. The molecule has 0 bridgehead atoms. The van der Waals surface area contributed by atoms with Crippen LogP contribution in [0.2, 0.25) is 5.04 Å². The summed E-state index contributed by atoms with van der Waals surface area (Å²) in [6.07, 6.45) is 6.32. The minimum atomic E-state index is -2.77. The highest BCUT2D eigenvalue weighted by molar-refractivity contribution is 6.99. The van der Waals surface area contributed by atoms with Crippen LogP contribution in [-0.4, -0.2) is 70.4 Å². The van der Waals surface area contributed by atoms with E-state index in [0.717, 1.165) is 0 Å². The van der Waals surface area contributed by atoms with Crippen molar-refractivity contribution in [3.63, 3.8) is 0 Å². The smallest absolute Gasteiger partial charge is 0.330 e. The molecule has 7 nitrogen and oxygen atoms in total. The largest absolute Gasteiger partial charge is 0.466 e.